The van der Waals surface area contributed by atoms with E-state index in [0.717, 1.165) is 41.9 Å². The second-order valence-corrected chi connectivity index (χ2v) is 7.73. The monoisotopic (exact) mass is 384 g/mol. The highest BCUT2D eigenvalue weighted by atomic mass is 16.6. The molecular weight excluding hydrogens is 356 g/mol. The summed E-state index contributed by atoms with van der Waals surface area (Å²) in [5.41, 5.74) is 3.12. The highest BCUT2D eigenvalue weighted by Crippen LogP contribution is 2.24. The van der Waals surface area contributed by atoms with E-state index in [1.54, 1.807) is 0 Å². The Morgan fingerprint density at radius 1 is 1.29 bits per heavy atom. The van der Waals surface area contributed by atoms with E-state index in [1.165, 1.54) is 5.56 Å². The molecule has 0 saturated carbocycles. The summed E-state index contributed by atoms with van der Waals surface area (Å²) in [6, 6.07) is 6.25. The lowest BCUT2D eigenvalue weighted by molar-refractivity contribution is -0.127. The Morgan fingerprint density at radius 2 is 2.18 bits per heavy atom. The number of aromatic nitrogens is 2. The molecule has 2 atom stereocenters. The second kappa shape index (κ2) is 8.41. The average molecular weight is 384 g/mol. The van der Waals surface area contributed by atoms with Gasteiger partial charge in [-0.2, -0.15) is 0 Å². The number of ether oxygens (including phenoxy) is 2. The predicted octanol–water partition coefficient (Wildman–Crippen LogP) is 1.99. The number of nitrogens with one attached hydrogen (secondary N) is 1. The number of anilines is 1. The van der Waals surface area contributed by atoms with Crippen LogP contribution in [0.4, 0.5) is 5.95 Å². The maximum atomic E-state index is 12.7. The van der Waals surface area contributed by atoms with Gasteiger partial charge in [0.2, 0.25) is 11.9 Å². The van der Waals surface area contributed by atoms with E-state index < -0.39 is 0 Å². The quantitative estimate of drug-likeness (QED) is 0.869. The molecule has 2 fully saturated rings. The zero-order chi connectivity index (χ0) is 19.5. The molecule has 1 aromatic carbocycles. The zero-order valence-corrected chi connectivity index (χ0v) is 16.6. The van der Waals surface area contributed by atoms with Crippen LogP contribution in [0.2, 0.25) is 0 Å². The molecular formula is C21H28N4O3. The largest absolute Gasteiger partial charge is 0.376 e. The molecule has 3 heterocycles. The minimum Gasteiger partial charge on any atom is -0.376 e. The lowest BCUT2D eigenvalue weighted by Gasteiger charge is -2.32. The summed E-state index contributed by atoms with van der Waals surface area (Å²) in [6.07, 6.45) is 1.79. The molecule has 2 unspecified atom stereocenters. The number of carbonyl (C=O) groups excluding carboxylic acids is 1. The van der Waals surface area contributed by atoms with Gasteiger partial charge in [0.25, 0.3) is 0 Å². The Labute approximate surface area is 165 Å². The number of benzene rings is 1. The summed E-state index contributed by atoms with van der Waals surface area (Å²) in [7, 11) is 0. The van der Waals surface area contributed by atoms with Gasteiger partial charge in [-0.05, 0) is 38.3 Å². The van der Waals surface area contributed by atoms with Crippen LogP contribution in [0, 0.1) is 19.8 Å². The Kier molecular flexibility index (Phi) is 5.73. The molecule has 0 bridgehead atoms. The Morgan fingerprint density at radius 3 is 3.00 bits per heavy atom. The van der Waals surface area contributed by atoms with Crippen LogP contribution < -0.4 is 10.2 Å². The molecule has 150 valence electrons. The molecule has 2 aliphatic heterocycles. The van der Waals surface area contributed by atoms with Crippen LogP contribution in [0.1, 0.15) is 24.1 Å². The lowest BCUT2D eigenvalue weighted by Crippen LogP contribution is -2.46. The molecule has 0 spiro atoms. The van der Waals surface area contributed by atoms with Crippen molar-refractivity contribution in [3.63, 3.8) is 0 Å². The van der Waals surface area contributed by atoms with Crippen LogP contribution in [-0.2, 0) is 14.3 Å². The van der Waals surface area contributed by atoms with E-state index in [-0.39, 0.29) is 17.9 Å². The molecule has 1 amide bonds. The van der Waals surface area contributed by atoms with Crippen LogP contribution in [0.3, 0.4) is 0 Å². The third-order valence-electron chi connectivity index (χ3n) is 5.50. The van der Waals surface area contributed by atoms with Gasteiger partial charge in [0.05, 0.1) is 43.1 Å². The fourth-order valence-electron chi connectivity index (χ4n) is 3.91. The van der Waals surface area contributed by atoms with Gasteiger partial charge in [0, 0.05) is 25.0 Å². The first-order valence-electron chi connectivity index (χ1n) is 10.1. The first-order chi connectivity index (χ1) is 13.6. The van der Waals surface area contributed by atoms with Crippen molar-refractivity contribution < 1.29 is 14.3 Å². The first-order valence-corrected chi connectivity index (χ1v) is 10.1. The number of amides is 1. The van der Waals surface area contributed by atoms with Crippen molar-refractivity contribution in [2.45, 2.75) is 32.8 Å². The van der Waals surface area contributed by atoms with Gasteiger partial charge in [-0.3, -0.25) is 4.79 Å². The Balaban J connectivity index is 1.43. The minimum atomic E-state index is -0.0598. The first kappa shape index (κ1) is 19.1. The second-order valence-electron chi connectivity index (χ2n) is 7.73. The number of hydrogen-bond donors (Lipinski definition) is 1. The number of fused-ring (bicyclic) bond motifs is 1. The summed E-state index contributed by atoms with van der Waals surface area (Å²) in [6.45, 7) is 7.87. The van der Waals surface area contributed by atoms with Gasteiger partial charge < -0.3 is 19.7 Å². The Hall–Kier alpha value is -2.25. The summed E-state index contributed by atoms with van der Waals surface area (Å²) >= 11 is 0. The number of nitrogens with zero attached hydrogens (tertiary/aromatic N) is 3. The molecule has 4 rings (SSSR count). The molecule has 0 aliphatic carbocycles. The van der Waals surface area contributed by atoms with Gasteiger partial charge in [-0.15, -0.1) is 0 Å². The summed E-state index contributed by atoms with van der Waals surface area (Å²) < 4.78 is 11.0. The topological polar surface area (TPSA) is 76.6 Å². The third-order valence-corrected chi connectivity index (χ3v) is 5.50. The fraction of sp³-hybridized carbons (Fsp3) is 0.571. The van der Waals surface area contributed by atoms with Crippen LogP contribution in [-0.4, -0.2) is 61.4 Å². The standard InChI is InChI=1S/C21H28N4O3/c1-14-5-6-18-15(2)23-21(24-19(18)10-14)25-7-3-4-16(12-25)20(26)22-11-17-13-27-8-9-28-17/h5-6,10,16-17H,3-4,7-9,11-13H2,1-2H3,(H,22,26). The van der Waals surface area contributed by atoms with Crippen LogP contribution in [0.15, 0.2) is 18.2 Å². The molecule has 7 nitrogen and oxygen atoms in total. The molecule has 2 saturated heterocycles. The van der Waals surface area contributed by atoms with Gasteiger partial charge in [0.15, 0.2) is 0 Å². The number of hydrogen-bond acceptors (Lipinski definition) is 6. The third kappa shape index (κ3) is 4.25. The molecule has 2 aliphatic rings. The lowest BCUT2D eigenvalue weighted by atomic mass is 9.97. The zero-order valence-electron chi connectivity index (χ0n) is 16.6. The maximum Gasteiger partial charge on any atom is 0.226 e. The van der Waals surface area contributed by atoms with E-state index in [2.05, 4.69) is 35.3 Å². The molecule has 1 N–H and O–H groups in total. The highest BCUT2D eigenvalue weighted by Gasteiger charge is 2.28. The van der Waals surface area contributed by atoms with Crippen molar-refractivity contribution in [3.05, 3.63) is 29.5 Å². The van der Waals surface area contributed by atoms with Crippen LogP contribution in [0.25, 0.3) is 10.9 Å². The van der Waals surface area contributed by atoms with E-state index >= 15 is 0 Å². The van der Waals surface area contributed by atoms with E-state index in [0.29, 0.717) is 32.9 Å². The maximum absolute atomic E-state index is 12.7. The molecule has 7 heteroatoms. The van der Waals surface area contributed by atoms with Crippen molar-refractivity contribution >= 4 is 22.8 Å². The normalized spacial score (nSPS) is 23.0. The van der Waals surface area contributed by atoms with Gasteiger partial charge in [-0.1, -0.05) is 12.1 Å². The molecule has 28 heavy (non-hydrogen) atoms. The number of piperidine rings is 1. The van der Waals surface area contributed by atoms with Crippen molar-refractivity contribution in [1.82, 2.24) is 15.3 Å². The van der Waals surface area contributed by atoms with Crippen molar-refractivity contribution in [2.75, 3.05) is 44.4 Å². The minimum absolute atomic E-state index is 0.0490. The van der Waals surface area contributed by atoms with Crippen LogP contribution >= 0.6 is 0 Å². The highest BCUT2D eigenvalue weighted by molar-refractivity contribution is 5.83. The predicted molar refractivity (Wildman–Crippen MR) is 108 cm³/mol. The molecule has 2 aromatic rings. The number of aryl methyl sites for hydroxylation is 2. The fourth-order valence-corrected chi connectivity index (χ4v) is 3.91. The number of carbonyl (C=O) groups is 1. The van der Waals surface area contributed by atoms with Crippen molar-refractivity contribution in [1.29, 1.82) is 0 Å². The summed E-state index contributed by atoms with van der Waals surface area (Å²) in [5, 5.41) is 4.11. The average Bonchev–Trinajstić information content (AvgIpc) is 2.72. The SMILES string of the molecule is Cc1ccc2c(C)nc(N3CCCC(C(=O)NCC4COCCO4)C3)nc2c1. The smallest absolute Gasteiger partial charge is 0.226 e. The van der Waals surface area contributed by atoms with Crippen molar-refractivity contribution in [3.8, 4) is 0 Å². The molecule has 1 aromatic heterocycles. The van der Waals surface area contributed by atoms with E-state index in [4.69, 9.17) is 19.4 Å². The Bertz CT molecular complexity index is 851. The van der Waals surface area contributed by atoms with Gasteiger partial charge in [-0.25, -0.2) is 9.97 Å². The molecule has 0 radical (unpaired) electrons. The van der Waals surface area contributed by atoms with Gasteiger partial charge >= 0.3 is 0 Å². The van der Waals surface area contributed by atoms with E-state index in [9.17, 15) is 4.79 Å². The van der Waals surface area contributed by atoms with Crippen LogP contribution in [0.5, 0.6) is 0 Å². The van der Waals surface area contributed by atoms with Crippen molar-refractivity contribution in [2.24, 2.45) is 5.92 Å². The summed E-state index contributed by atoms with van der Waals surface area (Å²) in [4.78, 5) is 24.3. The summed E-state index contributed by atoms with van der Waals surface area (Å²) in [5.74, 6) is 0.736. The van der Waals surface area contributed by atoms with E-state index in [1.807, 2.05) is 6.92 Å². The van der Waals surface area contributed by atoms with Gasteiger partial charge in [0.1, 0.15) is 0 Å². The number of rotatable bonds is 4.